The lowest BCUT2D eigenvalue weighted by atomic mass is 9.85. The summed E-state index contributed by atoms with van der Waals surface area (Å²) >= 11 is 12.6. The monoisotopic (exact) mass is 620 g/mol. The molecule has 42 heavy (non-hydrogen) atoms. The first-order valence-corrected chi connectivity index (χ1v) is 13.3. The molecule has 4 aromatic rings. The largest absolute Gasteiger partial charge is 0.459 e. The van der Waals surface area contributed by atoms with Crippen LogP contribution in [-0.4, -0.2) is 49.2 Å². The third-order valence-corrected chi connectivity index (χ3v) is 7.24. The Hall–Kier alpha value is -3.93. The van der Waals surface area contributed by atoms with Crippen molar-refractivity contribution in [1.82, 2.24) is 19.7 Å². The molecule has 0 spiro atoms. The Morgan fingerprint density at radius 2 is 1.74 bits per heavy atom. The maximum Gasteiger partial charge on any atom is 0.416 e. The fourth-order valence-electron chi connectivity index (χ4n) is 4.38. The van der Waals surface area contributed by atoms with Crippen molar-refractivity contribution in [3.05, 3.63) is 118 Å². The molecule has 8 nitrogen and oxygen atoms in total. The number of nitrogens with zero attached hydrogens (tertiary/aromatic N) is 4. The third kappa shape index (κ3) is 7.28. The molecular formula is C29H25Cl2F3N4O4. The first kappa shape index (κ1) is 31.0. The molecule has 220 valence electrons. The molecule has 0 unspecified atom stereocenters. The smallest absolute Gasteiger partial charge is 0.416 e. The number of carbonyl (C=O) groups excluding carboxylic acids is 2. The Kier molecular flexibility index (Phi) is 9.55. The van der Waals surface area contributed by atoms with E-state index in [-0.39, 0.29) is 29.3 Å². The van der Waals surface area contributed by atoms with E-state index in [1.807, 2.05) is 0 Å². The van der Waals surface area contributed by atoms with Gasteiger partial charge in [-0.15, -0.1) is 0 Å². The molecule has 1 heterocycles. The van der Waals surface area contributed by atoms with Crippen LogP contribution in [0.2, 0.25) is 10.0 Å². The minimum Gasteiger partial charge on any atom is -0.459 e. The zero-order chi connectivity index (χ0) is 30.5. The molecule has 0 saturated heterocycles. The average molecular weight is 621 g/mol. The molecule has 1 N–H and O–H groups in total. The predicted molar refractivity (Wildman–Crippen MR) is 149 cm³/mol. The van der Waals surface area contributed by atoms with Gasteiger partial charge in [-0.25, -0.2) is 9.67 Å². The van der Waals surface area contributed by atoms with Crippen molar-refractivity contribution in [2.45, 2.75) is 37.9 Å². The van der Waals surface area contributed by atoms with Crippen LogP contribution < -0.4 is 0 Å². The number of benzene rings is 3. The molecule has 0 aliphatic carbocycles. The van der Waals surface area contributed by atoms with Gasteiger partial charge in [0.15, 0.2) is 0 Å². The second-order valence-electron chi connectivity index (χ2n) is 9.47. The number of halogens is 5. The second-order valence-corrected chi connectivity index (χ2v) is 10.3. The van der Waals surface area contributed by atoms with Gasteiger partial charge >= 0.3 is 12.1 Å². The molecule has 0 aliphatic heterocycles. The zero-order valence-corrected chi connectivity index (χ0v) is 23.6. The number of hydrogen-bond acceptors (Lipinski definition) is 6. The Labute approximate surface area is 249 Å². The first-order valence-electron chi connectivity index (χ1n) is 12.6. The van der Waals surface area contributed by atoms with Gasteiger partial charge in [0.25, 0.3) is 5.91 Å². The number of alkyl halides is 3. The molecule has 3 aromatic carbocycles. The van der Waals surface area contributed by atoms with Gasteiger partial charge in [0, 0.05) is 21.2 Å². The van der Waals surface area contributed by atoms with E-state index in [2.05, 4.69) is 10.1 Å². The number of rotatable bonds is 10. The SMILES string of the molecule is C[C@H](N(CC(=O)OCc1ccccc1)C(=O)c1ccc(C(F)(F)F)cc1)[C@@](O)(Cn1cncn1)c1ccc(Cl)cc1Cl. The van der Waals surface area contributed by atoms with Gasteiger partial charge in [-0.3, -0.25) is 9.59 Å². The summed E-state index contributed by atoms with van der Waals surface area (Å²) in [5.74, 6) is -1.63. The van der Waals surface area contributed by atoms with Gasteiger partial charge in [0.05, 0.1) is 18.2 Å². The number of aromatic nitrogens is 3. The lowest BCUT2D eigenvalue weighted by Gasteiger charge is -2.41. The number of hydrogen-bond donors (Lipinski definition) is 1. The highest BCUT2D eigenvalue weighted by atomic mass is 35.5. The lowest BCUT2D eigenvalue weighted by molar-refractivity contribution is -0.147. The molecule has 0 bridgehead atoms. The van der Waals surface area contributed by atoms with Gasteiger partial charge in [-0.2, -0.15) is 18.3 Å². The quantitative estimate of drug-likeness (QED) is 0.226. The second kappa shape index (κ2) is 12.9. The van der Waals surface area contributed by atoms with Crippen molar-refractivity contribution >= 4 is 35.1 Å². The Bertz CT molecular complexity index is 1520. The summed E-state index contributed by atoms with van der Waals surface area (Å²) < 4.78 is 46.2. The summed E-state index contributed by atoms with van der Waals surface area (Å²) in [6, 6.07) is 15.6. The van der Waals surface area contributed by atoms with Crippen LogP contribution in [0.3, 0.4) is 0 Å². The van der Waals surface area contributed by atoms with E-state index in [1.165, 1.54) is 42.5 Å². The number of ether oxygens (including phenoxy) is 1. The number of esters is 1. The molecule has 0 radical (unpaired) electrons. The van der Waals surface area contributed by atoms with Gasteiger partial charge in [-0.1, -0.05) is 59.6 Å². The van der Waals surface area contributed by atoms with Crippen LogP contribution in [0.15, 0.2) is 85.5 Å². The number of carbonyl (C=O) groups is 2. The highest BCUT2D eigenvalue weighted by molar-refractivity contribution is 6.35. The fraction of sp³-hybridized carbons (Fsp3) is 0.241. The molecular weight excluding hydrogens is 596 g/mol. The van der Waals surface area contributed by atoms with Crippen molar-refractivity contribution in [2.24, 2.45) is 0 Å². The van der Waals surface area contributed by atoms with Crippen molar-refractivity contribution in [3.8, 4) is 0 Å². The molecule has 0 aliphatic rings. The predicted octanol–water partition coefficient (Wildman–Crippen LogP) is 5.77. The van der Waals surface area contributed by atoms with E-state index >= 15 is 0 Å². The van der Waals surface area contributed by atoms with Gasteiger partial charge in [0.1, 0.15) is 31.4 Å². The van der Waals surface area contributed by atoms with Crippen molar-refractivity contribution in [3.63, 3.8) is 0 Å². The van der Waals surface area contributed by atoms with Crippen molar-refractivity contribution in [1.29, 1.82) is 0 Å². The van der Waals surface area contributed by atoms with Gasteiger partial charge in [0.2, 0.25) is 0 Å². The van der Waals surface area contributed by atoms with E-state index in [0.29, 0.717) is 10.6 Å². The minimum absolute atomic E-state index is 0.0746. The topological polar surface area (TPSA) is 97.6 Å². The molecule has 1 amide bonds. The highest BCUT2D eigenvalue weighted by Gasteiger charge is 2.44. The minimum atomic E-state index is -4.61. The van der Waals surface area contributed by atoms with Gasteiger partial charge in [-0.05, 0) is 48.9 Å². The number of aliphatic hydroxyl groups is 1. The van der Waals surface area contributed by atoms with Crippen LogP contribution >= 0.6 is 23.2 Å². The van der Waals surface area contributed by atoms with Crippen LogP contribution in [0, 0.1) is 0 Å². The molecule has 2 atom stereocenters. The van der Waals surface area contributed by atoms with Crippen molar-refractivity contribution in [2.75, 3.05) is 6.54 Å². The average Bonchev–Trinajstić information content (AvgIpc) is 3.47. The molecule has 13 heteroatoms. The maximum atomic E-state index is 13.8. The summed E-state index contributed by atoms with van der Waals surface area (Å²) in [4.78, 5) is 31.8. The molecule has 4 rings (SSSR count). The van der Waals surface area contributed by atoms with Crippen LogP contribution in [-0.2, 0) is 34.5 Å². The maximum absolute atomic E-state index is 13.8. The zero-order valence-electron chi connectivity index (χ0n) is 22.1. The van der Waals surface area contributed by atoms with E-state index in [1.54, 1.807) is 30.3 Å². The van der Waals surface area contributed by atoms with E-state index in [0.717, 1.165) is 29.2 Å². The van der Waals surface area contributed by atoms with Crippen LogP contribution in [0.4, 0.5) is 13.2 Å². The van der Waals surface area contributed by atoms with Crippen LogP contribution in [0.1, 0.15) is 34.0 Å². The Morgan fingerprint density at radius 3 is 2.33 bits per heavy atom. The first-order chi connectivity index (χ1) is 19.9. The summed E-state index contributed by atoms with van der Waals surface area (Å²) in [7, 11) is 0. The highest BCUT2D eigenvalue weighted by Crippen LogP contribution is 2.37. The Morgan fingerprint density at radius 1 is 1.05 bits per heavy atom. The molecule has 0 saturated carbocycles. The normalized spacial score (nSPS) is 13.7. The lowest BCUT2D eigenvalue weighted by Crippen LogP contribution is -2.55. The van der Waals surface area contributed by atoms with Gasteiger partial charge < -0.3 is 14.7 Å². The van der Waals surface area contributed by atoms with Crippen LogP contribution in [0.5, 0.6) is 0 Å². The van der Waals surface area contributed by atoms with E-state index in [9.17, 15) is 27.9 Å². The summed E-state index contributed by atoms with van der Waals surface area (Å²) in [5.41, 5.74) is -2.21. The molecule has 1 aromatic heterocycles. The number of amides is 1. The van der Waals surface area contributed by atoms with Crippen molar-refractivity contribution < 1.29 is 32.6 Å². The van der Waals surface area contributed by atoms with E-state index in [4.69, 9.17) is 27.9 Å². The standard InChI is InChI=1S/C29H25Cl2F3N4O4/c1-19(28(41,16-37-18-35-17-36-37)24-12-11-23(30)13-25(24)31)38(14-26(39)42-15-20-5-3-2-4-6-20)27(40)21-7-9-22(10-8-21)29(32,33)34/h2-13,17-19,41H,14-16H2,1H3/t19-,28-/m0/s1. The Balaban J connectivity index is 1.72. The molecule has 0 fully saturated rings. The fourth-order valence-corrected chi connectivity index (χ4v) is 4.95. The van der Waals surface area contributed by atoms with E-state index < -0.39 is 41.8 Å². The summed E-state index contributed by atoms with van der Waals surface area (Å²) in [6.45, 7) is 0.501. The summed E-state index contributed by atoms with van der Waals surface area (Å²) in [6.07, 6.45) is -2.02. The third-order valence-electron chi connectivity index (χ3n) is 6.69. The van der Waals surface area contributed by atoms with Crippen LogP contribution in [0.25, 0.3) is 0 Å². The summed E-state index contributed by atoms with van der Waals surface area (Å²) in [5, 5.41) is 16.6.